The van der Waals surface area contributed by atoms with E-state index in [2.05, 4.69) is 205 Å². The van der Waals surface area contributed by atoms with Crippen LogP contribution in [0.4, 0.5) is 17.1 Å². The molecule has 0 heterocycles. The predicted molar refractivity (Wildman–Crippen MR) is 224 cm³/mol. The van der Waals surface area contributed by atoms with Crippen molar-refractivity contribution < 1.29 is 0 Å². The summed E-state index contributed by atoms with van der Waals surface area (Å²) in [6, 6.07) is 73.5. The second-order valence-electron chi connectivity index (χ2n) is 14.1. The number of hydrogen-bond donors (Lipinski definition) is 0. The van der Waals surface area contributed by atoms with Crippen LogP contribution < -0.4 is 4.90 Å². The van der Waals surface area contributed by atoms with Crippen LogP contribution in [0.25, 0.3) is 88.7 Å². The van der Waals surface area contributed by atoms with Gasteiger partial charge < -0.3 is 4.90 Å². The maximum absolute atomic E-state index is 2.42. The molecular weight excluding hydrogens is 639 g/mol. The van der Waals surface area contributed by atoms with Crippen LogP contribution >= 0.6 is 0 Å². The maximum atomic E-state index is 2.42. The molecule has 1 heteroatoms. The Kier molecular flexibility index (Phi) is 6.62. The fourth-order valence-electron chi connectivity index (χ4n) is 8.80. The number of nitrogens with zero attached hydrogens (tertiary/aromatic N) is 1. The molecule has 6 bridgehead atoms. The van der Waals surface area contributed by atoms with Crippen LogP contribution in [0.1, 0.15) is 0 Å². The van der Waals surface area contributed by atoms with E-state index in [-0.39, 0.29) is 0 Å². The van der Waals surface area contributed by atoms with E-state index in [0.717, 1.165) is 17.1 Å². The minimum absolute atomic E-state index is 1.12. The average Bonchev–Trinajstić information content (AvgIpc) is 3.34. The van der Waals surface area contributed by atoms with Crippen LogP contribution in [-0.4, -0.2) is 0 Å². The van der Waals surface area contributed by atoms with E-state index in [4.69, 9.17) is 0 Å². The summed E-state index contributed by atoms with van der Waals surface area (Å²) in [7, 11) is 0. The van der Waals surface area contributed by atoms with Gasteiger partial charge in [0.1, 0.15) is 0 Å². The van der Waals surface area contributed by atoms with Crippen LogP contribution in [-0.2, 0) is 0 Å². The molecule has 9 aromatic carbocycles. The molecule has 2 aliphatic rings. The molecule has 0 saturated carbocycles. The first-order valence-electron chi connectivity index (χ1n) is 18.3. The van der Waals surface area contributed by atoms with Gasteiger partial charge in [0.2, 0.25) is 0 Å². The van der Waals surface area contributed by atoms with Crippen molar-refractivity contribution >= 4 is 27.8 Å². The van der Waals surface area contributed by atoms with Crippen LogP contribution in [0.15, 0.2) is 200 Å². The van der Waals surface area contributed by atoms with E-state index in [0.29, 0.717) is 0 Å². The third-order valence-corrected chi connectivity index (χ3v) is 11.2. The van der Waals surface area contributed by atoms with E-state index >= 15 is 0 Å². The highest BCUT2D eigenvalue weighted by molar-refractivity contribution is 6.15. The van der Waals surface area contributed by atoms with Crippen molar-refractivity contribution in [2.75, 3.05) is 4.90 Å². The number of para-hydroxylation sites is 1. The molecule has 0 radical (unpaired) electrons. The quantitative estimate of drug-likeness (QED) is 0.176. The minimum Gasteiger partial charge on any atom is -0.310 e. The molecule has 0 aliphatic heterocycles. The van der Waals surface area contributed by atoms with Crippen molar-refractivity contribution in [3.8, 4) is 77.9 Å². The van der Waals surface area contributed by atoms with E-state index in [1.165, 1.54) is 88.7 Å². The third-order valence-electron chi connectivity index (χ3n) is 11.2. The molecule has 1 nitrogen and oxygen atoms in total. The lowest BCUT2D eigenvalue weighted by molar-refractivity contribution is 1.28. The topological polar surface area (TPSA) is 3.24 Å². The van der Waals surface area contributed by atoms with Gasteiger partial charge in [-0.15, -0.1) is 0 Å². The van der Waals surface area contributed by atoms with Gasteiger partial charge in [0.25, 0.3) is 0 Å². The van der Waals surface area contributed by atoms with E-state index in [1.54, 1.807) is 0 Å². The number of anilines is 3. The smallest absolute Gasteiger partial charge is 0.0468 e. The SMILES string of the molecule is c1ccc(N(c2ccc(-c3cccc(-c4cccc5ccccc45)c3)cc2)c2ccc3c(c2)-c2c4cccc2-c2cccc-3c2-c2ccccc2-4)cc1. The molecule has 0 unspecified atom stereocenters. The van der Waals surface area contributed by atoms with Gasteiger partial charge in [0, 0.05) is 17.1 Å². The standard InChI is InChI=1S/C52H33N/c1-2-16-38(17-3-1)53(39-28-26-34(27-29-39)36-14-8-15-37(32-36)42-21-9-13-35-12-4-5-18-41(35)42)40-30-31-44-47-23-11-24-48-49-25-10-22-46(52(49)50(44)33-40)43-19-6-7-20-45(43)51(47)48/h1-33H. The zero-order chi connectivity index (χ0) is 34.9. The van der Waals surface area contributed by atoms with Crippen molar-refractivity contribution in [3.05, 3.63) is 200 Å². The molecule has 0 spiro atoms. The summed E-state index contributed by atoms with van der Waals surface area (Å²) >= 11 is 0. The summed E-state index contributed by atoms with van der Waals surface area (Å²) in [5, 5.41) is 2.53. The molecule has 2 aliphatic carbocycles. The van der Waals surface area contributed by atoms with Crippen LogP contribution in [0.2, 0.25) is 0 Å². The van der Waals surface area contributed by atoms with Gasteiger partial charge in [-0.25, -0.2) is 0 Å². The molecule has 11 rings (SSSR count). The zero-order valence-corrected chi connectivity index (χ0v) is 29.0. The van der Waals surface area contributed by atoms with E-state index in [9.17, 15) is 0 Å². The molecular formula is C52H33N. The van der Waals surface area contributed by atoms with Crippen LogP contribution in [0.5, 0.6) is 0 Å². The summed E-state index contributed by atoms with van der Waals surface area (Å²) in [6.07, 6.45) is 0. The van der Waals surface area contributed by atoms with Crippen molar-refractivity contribution in [1.29, 1.82) is 0 Å². The number of benzene rings is 9. The van der Waals surface area contributed by atoms with E-state index in [1.807, 2.05) is 0 Å². The highest BCUT2D eigenvalue weighted by atomic mass is 15.1. The Morgan fingerprint density at radius 1 is 0.245 bits per heavy atom. The zero-order valence-electron chi connectivity index (χ0n) is 29.0. The van der Waals surface area contributed by atoms with Gasteiger partial charge in [-0.3, -0.25) is 0 Å². The van der Waals surface area contributed by atoms with Crippen LogP contribution in [0, 0.1) is 0 Å². The Hall–Kier alpha value is -6.96. The fraction of sp³-hybridized carbons (Fsp3) is 0. The molecule has 0 amide bonds. The second kappa shape index (κ2) is 11.8. The van der Waals surface area contributed by atoms with Crippen LogP contribution in [0.3, 0.4) is 0 Å². The van der Waals surface area contributed by atoms with Crippen molar-refractivity contribution in [2.24, 2.45) is 0 Å². The Labute approximate surface area is 309 Å². The van der Waals surface area contributed by atoms with Gasteiger partial charge in [-0.1, -0.05) is 158 Å². The molecule has 0 saturated heterocycles. The second-order valence-corrected chi connectivity index (χ2v) is 14.1. The monoisotopic (exact) mass is 671 g/mol. The first-order chi connectivity index (χ1) is 26.3. The van der Waals surface area contributed by atoms with Gasteiger partial charge in [-0.2, -0.15) is 0 Å². The van der Waals surface area contributed by atoms with Crippen molar-refractivity contribution in [2.45, 2.75) is 0 Å². The fourth-order valence-corrected chi connectivity index (χ4v) is 8.80. The lowest BCUT2D eigenvalue weighted by Crippen LogP contribution is -2.10. The molecule has 9 aromatic rings. The van der Waals surface area contributed by atoms with Gasteiger partial charge >= 0.3 is 0 Å². The highest BCUT2D eigenvalue weighted by Crippen LogP contribution is 2.57. The number of fused-ring (bicyclic) bond motifs is 5. The Bertz CT molecular complexity index is 2850. The Balaban J connectivity index is 1.04. The molecule has 53 heavy (non-hydrogen) atoms. The molecule has 0 atom stereocenters. The summed E-state index contributed by atoms with van der Waals surface area (Å²) < 4.78 is 0. The molecule has 246 valence electrons. The maximum Gasteiger partial charge on any atom is 0.0468 e. The number of hydrogen-bond acceptors (Lipinski definition) is 1. The van der Waals surface area contributed by atoms with Crippen molar-refractivity contribution in [1.82, 2.24) is 0 Å². The lowest BCUT2D eigenvalue weighted by Gasteiger charge is -2.28. The molecule has 0 fully saturated rings. The Morgan fingerprint density at radius 2 is 0.755 bits per heavy atom. The predicted octanol–water partition coefficient (Wildman–Crippen LogP) is 14.6. The van der Waals surface area contributed by atoms with Gasteiger partial charge in [-0.05, 0) is 131 Å². The van der Waals surface area contributed by atoms with Gasteiger partial charge in [0.15, 0.2) is 0 Å². The third kappa shape index (κ3) is 4.64. The summed E-state index contributed by atoms with van der Waals surface area (Å²) in [5.41, 5.74) is 21.2. The summed E-state index contributed by atoms with van der Waals surface area (Å²) in [6.45, 7) is 0. The molecule has 0 aromatic heterocycles. The minimum atomic E-state index is 1.12. The summed E-state index contributed by atoms with van der Waals surface area (Å²) in [4.78, 5) is 2.39. The first-order valence-corrected chi connectivity index (χ1v) is 18.3. The Morgan fingerprint density at radius 3 is 1.55 bits per heavy atom. The lowest BCUT2D eigenvalue weighted by atomic mass is 9.83. The summed E-state index contributed by atoms with van der Waals surface area (Å²) in [5.74, 6) is 0. The largest absolute Gasteiger partial charge is 0.310 e. The molecule has 0 N–H and O–H groups in total. The van der Waals surface area contributed by atoms with Crippen molar-refractivity contribution in [3.63, 3.8) is 0 Å². The first kappa shape index (κ1) is 29.7. The highest BCUT2D eigenvalue weighted by Gasteiger charge is 2.31. The van der Waals surface area contributed by atoms with Gasteiger partial charge in [0.05, 0.1) is 0 Å². The average molecular weight is 672 g/mol. The number of rotatable bonds is 5. The van der Waals surface area contributed by atoms with E-state index < -0.39 is 0 Å². The normalized spacial score (nSPS) is 11.8.